The lowest BCUT2D eigenvalue weighted by Crippen LogP contribution is -2.10. The highest BCUT2D eigenvalue weighted by Gasteiger charge is 2.05. The number of aromatic nitrogens is 2. The molecule has 4 heteroatoms. The Morgan fingerprint density at radius 2 is 1.58 bits per heavy atom. The SMILES string of the molecule is CCCCCCCCCCCCCC(=O)Nc1ccc2nc(C)[nH]c2c1. The number of nitrogens with zero attached hydrogens (tertiary/aromatic N) is 1. The predicted octanol–water partition coefficient (Wildman–Crippen LogP) is 6.51. The van der Waals surface area contributed by atoms with E-state index < -0.39 is 0 Å². The minimum atomic E-state index is 0.108. The lowest BCUT2D eigenvalue weighted by atomic mass is 10.1. The molecule has 0 aliphatic carbocycles. The van der Waals surface area contributed by atoms with Crippen LogP contribution in [0.4, 0.5) is 5.69 Å². The molecule has 1 amide bonds. The van der Waals surface area contributed by atoms with E-state index >= 15 is 0 Å². The van der Waals surface area contributed by atoms with Crippen molar-refractivity contribution in [2.24, 2.45) is 0 Å². The first-order valence-electron chi connectivity index (χ1n) is 10.5. The molecule has 0 saturated heterocycles. The zero-order chi connectivity index (χ0) is 18.6. The second-order valence-electron chi connectivity index (χ2n) is 7.39. The second kappa shape index (κ2) is 11.7. The van der Waals surface area contributed by atoms with Gasteiger partial charge in [-0.25, -0.2) is 4.98 Å². The van der Waals surface area contributed by atoms with E-state index in [1.54, 1.807) is 0 Å². The molecular formula is C22H35N3O. The fourth-order valence-electron chi connectivity index (χ4n) is 3.39. The number of unbranched alkanes of at least 4 members (excludes halogenated alkanes) is 10. The van der Waals surface area contributed by atoms with Crippen LogP contribution in [-0.2, 0) is 4.79 Å². The van der Waals surface area contributed by atoms with Crippen molar-refractivity contribution in [1.82, 2.24) is 9.97 Å². The summed E-state index contributed by atoms with van der Waals surface area (Å²) in [5.74, 6) is 1.00. The third kappa shape index (κ3) is 7.59. The Morgan fingerprint density at radius 3 is 2.23 bits per heavy atom. The number of nitrogens with one attached hydrogen (secondary N) is 2. The lowest BCUT2D eigenvalue weighted by Gasteiger charge is -2.05. The van der Waals surface area contributed by atoms with Crippen molar-refractivity contribution in [2.75, 3.05) is 5.32 Å². The van der Waals surface area contributed by atoms with Gasteiger partial charge in [-0.3, -0.25) is 4.79 Å². The number of carbonyl (C=O) groups excluding carboxylic acids is 1. The molecule has 0 aliphatic rings. The lowest BCUT2D eigenvalue weighted by molar-refractivity contribution is -0.116. The second-order valence-corrected chi connectivity index (χ2v) is 7.39. The molecule has 0 bridgehead atoms. The Kier molecular flexibility index (Phi) is 9.22. The van der Waals surface area contributed by atoms with Gasteiger partial charge in [0, 0.05) is 12.1 Å². The fraction of sp³-hybridized carbons (Fsp3) is 0.636. The Labute approximate surface area is 158 Å². The number of hydrogen-bond donors (Lipinski definition) is 2. The topological polar surface area (TPSA) is 57.8 Å². The summed E-state index contributed by atoms with van der Waals surface area (Å²) in [5, 5.41) is 2.99. The van der Waals surface area contributed by atoms with Gasteiger partial charge in [0.1, 0.15) is 5.82 Å². The van der Waals surface area contributed by atoms with Crippen LogP contribution in [0, 0.1) is 6.92 Å². The van der Waals surface area contributed by atoms with E-state index in [-0.39, 0.29) is 5.91 Å². The third-order valence-corrected chi connectivity index (χ3v) is 4.89. The number of rotatable bonds is 13. The summed E-state index contributed by atoms with van der Waals surface area (Å²) in [6.45, 7) is 4.20. The first kappa shape index (κ1) is 20.5. The van der Waals surface area contributed by atoms with Crippen LogP contribution in [0.1, 0.15) is 89.8 Å². The molecule has 1 aromatic heterocycles. The first-order valence-corrected chi connectivity index (χ1v) is 10.5. The van der Waals surface area contributed by atoms with Crippen molar-refractivity contribution in [3.05, 3.63) is 24.0 Å². The van der Waals surface area contributed by atoms with Gasteiger partial charge >= 0.3 is 0 Å². The normalized spacial score (nSPS) is 11.2. The zero-order valence-corrected chi connectivity index (χ0v) is 16.6. The molecule has 2 N–H and O–H groups in total. The Balaban J connectivity index is 1.51. The fourth-order valence-corrected chi connectivity index (χ4v) is 3.39. The Bertz CT molecular complexity index is 662. The van der Waals surface area contributed by atoms with Crippen molar-refractivity contribution in [3.63, 3.8) is 0 Å². The van der Waals surface area contributed by atoms with Crippen molar-refractivity contribution < 1.29 is 4.79 Å². The number of aromatic amines is 1. The van der Waals surface area contributed by atoms with Crippen LogP contribution in [0.3, 0.4) is 0 Å². The molecule has 144 valence electrons. The number of fused-ring (bicyclic) bond motifs is 1. The van der Waals surface area contributed by atoms with Gasteiger partial charge in [0.15, 0.2) is 0 Å². The number of H-pyrrole nitrogens is 1. The molecule has 0 atom stereocenters. The molecule has 0 unspecified atom stereocenters. The van der Waals surface area contributed by atoms with Crippen molar-refractivity contribution >= 4 is 22.6 Å². The molecule has 0 saturated carbocycles. The van der Waals surface area contributed by atoms with Crippen LogP contribution in [0.25, 0.3) is 11.0 Å². The van der Waals surface area contributed by atoms with Gasteiger partial charge in [-0.2, -0.15) is 0 Å². The van der Waals surface area contributed by atoms with Crippen LogP contribution in [0.5, 0.6) is 0 Å². The summed E-state index contributed by atoms with van der Waals surface area (Å²) in [6.07, 6.45) is 14.9. The standard InChI is InChI=1S/C22H35N3O/c1-3-4-5-6-7-8-9-10-11-12-13-14-22(26)25-19-15-16-20-21(17-19)24-18(2)23-20/h15-17H,3-14H2,1-2H3,(H,23,24)(H,25,26). The molecule has 1 aromatic carbocycles. The van der Waals surface area contributed by atoms with Gasteiger partial charge < -0.3 is 10.3 Å². The summed E-state index contributed by atoms with van der Waals surface area (Å²) in [7, 11) is 0. The van der Waals surface area contributed by atoms with Gasteiger partial charge in [-0.05, 0) is 31.5 Å². The van der Waals surface area contributed by atoms with Crippen LogP contribution in [0.15, 0.2) is 18.2 Å². The number of hydrogen-bond acceptors (Lipinski definition) is 2. The summed E-state index contributed by atoms with van der Waals surface area (Å²) in [6, 6.07) is 5.81. The van der Waals surface area contributed by atoms with E-state index in [1.165, 1.54) is 57.8 Å². The molecule has 26 heavy (non-hydrogen) atoms. The molecule has 2 aromatic rings. The molecule has 0 spiro atoms. The highest BCUT2D eigenvalue weighted by Crippen LogP contribution is 2.18. The van der Waals surface area contributed by atoms with Gasteiger partial charge in [-0.1, -0.05) is 71.1 Å². The Morgan fingerprint density at radius 1 is 0.962 bits per heavy atom. The van der Waals surface area contributed by atoms with E-state index in [1.807, 2.05) is 25.1 Å². The highest BCUT2D eigenvalue weighted by molar-refractivity contribution is 5.93. The van der Waals surface area contributed by atoms with Crippen molar-refractivity contribution in [1.29, 1.82) is 0 Å². The highest BCUT2D eigenvalue weighted by atomic mass is 16.1. The number of carbonyl (C=O) groups is 1. The molecular weight excluding hydrogens is 322 g/mol. The first-order chi connectivity index (χ1) is 12.7. The van der Waals surface area contributed by atoms with Crippen LogP contribution in [-0.4, -0.2) is 15.9 Å². The molecule has 1 heterocycles. The van der Waals surface area contributed by atoms with Gasteiger partial charge in [0.2, 0.25) is 5.91 Å². The summed E-state index contributed by atoms with van der Waals surface area (Å²) in [4.78, 5) is 19.7. The molecule has 2 rings (SSSR count). The van der Waals surface area contributed by atoms with E-state index in [0.717, 1.165) is 35.4 Å². The molecule has 0 fully saturated rings. The zero-order valence-electron chi connectivity index (χ0n) is 16.6. The number of imidazole rings is 1. The quantitative estimate of drug-likeness (QED) is 0.401. The molecule has 0 radical (unpaired) electrons. The third-order valence-electron chi connectivity index (χ3n) is 4.89. The van der Waals surface area contributed by atoms with Gasteiger partial charge in [0.25, 0.3) is 0 Å². The van der Waals surface area contributed by atoms with Gasteiger partial charge in [0.05, 0.1) is 11.0 Å². The molecule has 4 nitrogen and oxygen atoms in total. The van der Waals surface area contributed by atoms with Crippen LogP contribution < -0.4 is 5.32 Å². The Hall–Kier alpha value is -1.84. The molecule has 0 aliphatic heterocycles. The van der Waals surface area contributed by atoms with E-state index in [2.05, 4.69) is 22.2 Å². The van der Waals surface area contributed by atoms with E-state index in [9.17, 15) is 4.79 Å². The van der Waals surface area contributed by atoms with Crippen LogP contribution in [0.2, 0.25) is 0 Å². The number of benzene rings is 1. The van der Waals surface area contributed by atoms with Gasteiger partial charge in [-0.15, -0.1) is 0 Å². The smallest absolute Gasteiger partial charge is 0.224 e. The minimum Gasteiger partial charge on any atom is -0.342 e. The summed E-state index contributed by atoms with van der Waals surface area (Å²) < 4.78 is 0. The average molecular weight is 358 g/mol. The maximum Gasteiger partial charge on any atom is 0.224 e. The number of aryl methyl sites for hydroxylation is 1. The van der Waals surface area contributed by atoms with E-state index in [0.29, 0.717) is 6.42 Å². The van der Waals surface area contributed by atoms with E-state index in [4.69, 9.17) is 0 Å². The van der Waals surface area contributed by atoms with Crippen molar-refractivity contribution in [2.45, 2.75) is 90.9 Å². The average Bonchev–Trinajstić information content (AvgIpc) is 2.99. The minimum absolute atomic E-state index is 0.108. The summed E-state index contributed by atoms with van der Waals surface area (Å²) >= 11 is 0. The summed E-state index contributed by atoms with van der Waals surface area (Å²) in [5.41, 5.74) is 2.75. The maximum absolute atomic E-state index is 12.1. The van der Waals surface area contributed by atoms with Crippen molar-refractivity contribution in [3.8, 4) is 0 Å². The number of amides is 1. The maximum atomic E-state index is 12.1. The monoisotopic (exact) mass is 357 g/mol. The number of anilines is 1. The van der Waals surface area contributed by atoms with Crippen LogP contribution >= 0.6 is 0 Å². The largest absolute Gasteiger partial charge is 0.342 e. The predicted molar refractivity (Wildman–Crippen MR) is 111 cm³/mol.